The number of benzene rings is 1. The molecule has 0 saturated carbocycles. The smallest absolute Gasteiger partial charge is 0.317 e. The number of carboxylic acids is 1. The SMILES string of the molecule is CN(C)CCN(CC(=O)O)Cc1cc(C#N)ccc1F. The predicted molar refractivity (Wildman–Crippen MR) is 72.6 cm³/mol. The maximum Gasteiger partial charge on any atom is 0.317 e. The largest absolute Gasteiger partial charge is 0.480 e. The second kappa shape index (κ2) is 7.58. The van der Waals surface area contributed by atoms with Crippen LogP contribution in [-0.2, 0) is 11.3 Å². The lowest BCUT2D eigenvalue weighted by molar-refractivity contribution is -0.138. The number of nitriles is 1. The van der Waals surface area contributed by atoms with Crippen molar-refractivity contribution in [2.75, 3.05) is 33.7 Å². The van der Waals surface area contributed by atoms with Crippen LogP contribution in [-0.4, -0.2) is 54.6 Å². The van der Waals surface area contributed by atoms with E-state index in [0.717, 1.165) is 0 Å². The number of halogens is 1. The van der Waals surface area contributed by atoms with E-state index in [-0.39, 0.29) is 13.1 Å². The lowest BCUT2D eigenvalue weighted by Gasteiger charge is -2.22. The van der Waals surface area contributed by atoms with Crippen LogP contribution in [0.25, 0.3) is 0 Å². The van der Waals surface area contributed by atoms with E-state index in [1.165, 1.54) is 18.2 Å². The van der Waals surface area contributed by atoms with Gasteiger partial charge in [-0.15, -0.1) is 0 Å². The highest BCUT2D eigenvalue weighted by Crippen LogP contribution is 2.12. The number of rotatable bonds is 7. The normalized spacial score (nSPS) is 10.8. The van der Waals surface area contributed by atoms with Crippen molar-refractivity contribution in [1.82, 2.24) is 9.80 Å². The molecule has 0 spiro atoms. The van der Waals surface area contributed by atoms with Crippen LogP contribution in [0.1, 0.15) is 11.1 Å². The van der Waals surface area contributed by atoms with Crippen molar-refractivity contribution >= 4 is 5.97 Å². The zero-order valence-electron chi connectivity index (χ0n) is 11.6. The maximum absolute atomic E-state index is 13.7. The number of hydrogen-bond donors (Lipinski definition) is 1. The molecule has 108 valence electrons. The lowest BCUT2D eigenvalue weighted by atomic mass is 10.1. The first kappa shape index (κ1) is 16.1. The van der Waals surface area contributed by atoms with E-state index in [9.17, 15) is 9.18 Å². The summed E-state index contributed by atoms with van der Waals surface area (Å²) in [6.45, 7) is 1.19. The molecule has 1 rings (SSSR count). The molecular formula is C14H18FN3O2. The van der Waals surface area contributed by atoms with Crippen molar-refractivity contribution < 1.29 is 14.3 Å². The molecule has 0 amide bonds. The molecule has 1 aromatic carbocycles. The van der Waals surface area contributed by atoms with Crippen molar-refractivity contribution in [3.05, 3.63) is 35.1 Å². The van der Waals surface area contributed by atoms with Crippen LogP contribution in [0.15, 0.2) is 18.2 Å². The van der Waals surface area contributed by atoms with Gasteiger partial charge in [-0.3, -0.25) is 9.69 Å². The van der Waals surface area contributed by atoms with Crippen LogP contribution >= 0.6 is 0 Å². The number of likely N-dealkylation sites (N-methyl/N-ethyl adjacent to an activating group) is 1. The average Bonchev–Trinajstić information content (AvgIpc) is 2.37. The summed E-state index contributed by atoms with van der Waals surface area (Å²) in [6, 6.07) is 6.05. The Kier molecular flexibility index (Phi) is 6.10. The summed E-state index contributed by atoms with van der Waals surface area (Å²) in [4.78, 5) is 14.4. The van der Waals surface area contributed by atoms with Crippen LogP contribution in [0.2, 0.25) is 0 Å². The van der Waals surface area contributed by atoms with Gasteiger partial charge in [0.05, 0.1) is 18.2 Å². The highest BCUT2D eigenvalue weighted by Gasteiger charge is 2.13. The van der Waals surface area contributed by atoms with Gasteiger partial charge in [-0.2, -0.15) is 5.26 Å². The summed E-state index contributed by atoms with van der Waals surface area (Å²) in [5, 5.41) is 17.7. The molecule has 0 aromatic heterocycles. The molecule has 0 fully saturated rings. The molecule has 0 aliphatic carbocycles. The summed E-state index contributed by atoms with van der Waals surface area (Å²) < 4.78 is 13.7. The molecule has 1 aromatic rings. The van der Waals surface area contributed by atoms with Crippen LogP contribution in [0.3, 0.4) is 0 Å². The first-order chi connectivity index (χ1) is 9.42. The Bertz CT molecular complexity index is 512. The Balaban J connectivity index is 2.82. The van der Waals surface area contributed by atoms with E-state index < -0.39 is 11.8 Å². The molecule has 0 aliphatic rings. The monoisotopic (exact) mass is 279 g/mol. The number of aliphatic carboxylic acids is 1. The van der Waals surface area contributed by atoms with E-state index in [0.29, 0.717) is 24.2 Å². The molecule has 1 N–H and O–H groups in total. The molecule has 0 saturated heterocycles. The lowest BCUT2D eigenvalue weighted by Crippen LogP contribution is -2.35. The van der Waals surface area contributed by atoms with Gasteiger partial charge < -0.3 is 10.0 Å². The second-order valence-corrected chi connectivity index (χ2v) is 4.83. The summed E-state index contributed by atoms with van der Waals surface area (Å²) in [5.41, 5.74) is 0.702. The third-order valence-electron chi connectivity index (χ3n) is 2.79. The van der Waals surface area contributed by atoms with Crippen molar-refractivity contribution in [2.24, 2.45) is 0 Å². The van der Waals surface area contributed by atoms with Gasteiger partial charge >= 0.3 is 5.97 Å². The minimum Gasteiger partial charge on any atom is -0.480 e. The van der Waals surface area contributed by atoms with Gasteiger partial charge in [-0.05, 0) is 32.3 Å². The second-order valence-electron chi connectivity index (χ2n) is 4.83. The third kappa shape index (κ3) is 5.34. The van der Waals surface area contributed by atoms with Crippen LogP contribution in [0.4, 0.5) is 4.39 Å². The summed E-state index contributed by atoms with van der Waals surface area (Å²) >= 11 is 0. The Hall–Kier alpha value is -1.97. The Morgan fingerprint density at radius 1 is 1.40 bits per heavy atom. The molecule has 0 heterocycles. The average molecular weight is 279 g/mol. The Morgan fingerprint density at radius 3 is 2.65 bits per heavy atom. The quantitative estimate of drug-likeness (QED) is 0.811. The molecule has 0 bridgehead atoms. The number of hydrogen-bond acceptors (Lipinski definition) is 4. The molecule has 6 heteroatoms. The van der Waals surface area contributed by atoms with Gasteiger partial charge in [-0.25, -0.2) is 4.39 Å². The standard InChI is InChI=1S/C14H18FN3O2/c1-17(2)5-6-18(10-14(19)20)9-12-7-11(8-16)3-4-13(12)15/h3-4,7H,5-6,9-10H2,1-2H3,(H,19,20). The highest BCUT2D eigenvalue weighted by atomic mass is 19.1. The summed E-state index contributed by atoms with van der Waals surface area (Å²) in [6.07, 6.45) is 0. The predicted octanol–water partition coefficient (Wildman–Crippen LogP) is 1.15. The van der Waals surface area contributed by atoms with E-state index >= 15 is 0 Å². The molecule has 0 atom stereocenters. The molecule has 0 radical (unpaired) electrons. The van der Waals surface area contributed by atoms with Gasteiger partial charge in [0.25, 0.3) is 0 Å². The molecule has 20 heavy (non-hydrogen) atoms. The van der Waals surface area contributed by atoms with E-state index in [1.807, 2.05) is 25.1 Å². The Morgan fingerprint density at radius 2 is 2.10 bits per heavy atom. The first-order valence-electron chi connectivity index (χ1n) is 6.19. The highest BCUT2D eigenvalue weighted by molar-refractivity contribution is 5.69. The van der Waals surface area contributed by atoms with Crippen LogP contribution in [0, 0.1) is 17.1 Å². The van der Waals surface area contributed by atoms with Gasteiger partial charge in [0, 0.05) is 25.2 Å². The van der Waals surface area contributed by atoms with Crippen molar-refractivity contribution in [2.45, 2.75) is 6.54 Å². The fourth-order valence-electron chi connectivity index (χ4n) is 1.75. The van der Waals surface area contributed by atoms with Gasteiger partial charge in [0.2, 0.25) is 0 Å². The van der Waals surface area contributed by atoms with Gasteiger partial charge in [0.1, 0.15) is 5.82 Å². The van der Waals surface area contributed by atoms with E-state index in [2.05, 4.69) is 0 Å². The van der Waals surface area contributed by atoms with Crippen molar-refractivity contribution in [3.63, 3.8) is 0 Å². The first-order valence-corrected chi connectivity index (χ1v) is 6.19. The minimum absolute atomic E-state index is 0.163. The molecular weight excluding hydrogens is 261 g/mol. The Labute approximate surface area is 117 Å². The maximum atomic E-state index is 13.7. The van der Waals surface area contributed by atoms with Crippen molar-refractivity contribution in [3.8, 4) is 6.07 Å². The molecule has 0 aliphatic heterocycles. The zero-order chi connectivity index (χ0) is 15.1. The fourth-order valence-corrected chi connectivity index (χ4v) is 1.75. The summed E-state index contributed by atoms with van der Waals surface area (Å²) in [7, 11) is 3.77. The van der Waals surface area contributed by atoms with Gasteiger partial charge in [-0.1, -0.05) is 0 Å². The molecule has 0 unspecified atom stereocenters. The zero-order valence-corrected chi connectivity index (χ0v) is 11.6. The van der Waals surface area contributed by atoms with E-state index in [4.69, 9.17) is 10.4 Å². The van der Waals surface area contributed by atoms with E-state index in [1.54, 1.807) is 4.90 Å². The number of carbonyl (C=O) groups is 1. The van der Waals surface area contributed by atoms with Crippen molar-refractivity contribution in [1.29, 1.82) is 5.26 Å². The third-order valence-corrected chi connectivity index (χ3v) is 2.79. The molecule has 5 nitrogen and oxygen atoms in total. The number of nitrogens with zero attached hydrogens (tertiary/aromatic N) is 3. The topological polar surface area (TPSA) is 67.6 Å². The van der Waals surface area contributed by atoms with Gasteiger partial charge in [0.15, 0.2) is 0 Å². The fraction of sp³-hybridized carbons (Fsp3) is 0.429. The minimum atomic E-state index is -0.958. The van der Waals surface area contributed by atoms with Crippen LogP contribution < -0.4 is 0 Å². The number of carboxylic acid groups (broad SMARTS) is 1. The summed E-state index contributed by atoms with van der Waals surface area (Å²) in [5.74, 6) is -1.38. The van der Waals surface area contributed by atoms with Crippen LogP contribution in [0.5, 0.6) is 0 Å².